The summed E-state index contributed by atoms with van der Waals surface area (Å²) in [6, 6.07) is 22.3. The summed E-state index contributed by atoms with van der Waals surface area (Å²) in [6.45, 7) is 0.414. The van der Waals surface area contributed by atoms with Crippen molar-refractivity contribution in [3.63, 3.8) is 0 Å². The molecule has 8 heteroatoms. The Morgan fingerprint density at radius 2 is 1.69 bits per heavy atom. The van der Waals surface area contributed by atoms with E-state index in [1.165, 1.54) is 0 Å². The molecule has 8 nitrogen and oxygen atoms in total. The first kappa shape index (κ1) is 19.6. The van der Waals surface area contributed by atoms with Crippen molar-refractivity contribution in [3.8, 4) is 40.2 Å². The molecular formula is C24H19N3O5. The van der Waals surface area contributed by atoms with Gasteiger partial charge in [0.2, 0.25) is 12.7 Å². The minimum absolute atomic E-state index is 0.152. The zero-order chi connectivity index (χ0) is 21.8. The first-order chi connectivity index (χ1) is 15.8. The summed E-state index contributed by atoms with van der Waals surface area (Å²) < 4.78 is 22.2. The fraction of sp³-hybridized carbons (Fsp3) is 0.125. The van der Waals surface area contributed by atoms with Crippen molar-refractivity contribution in [3.05, 3.63) is 78.4 Å². The van der Waals surface area contributed by atoms with Crippen molar-refractivity contribution >= 4 is 5.91 Å². The molecule has 0 spiro atoms. The number of fused-ring (bicyclic) bond motifs is 1. The number of hydrogen-bond donors (Lipinski definition) is 1. The van der Waals surface area contributed by atoms with Crippen LogP contribution in [0.15, 0.2) is 77.2 Å². The quantitative estimate of drug-likeness (QED) is 0.477. The van der Waals surface area contributed by atoms with E-state index in [2.05, 4.69) is 15.5 Å². The highest BCUT2D eigenvalue weighted by Gasteiger charge is 2.16. The van der Waals surface area contributed by atoms with Gasteiger partial charge in [0.1, 0.15) is 5.75 Å². The van der Waals surface area contributed by atoms with Gasteiger partial charge in [-0.25, -0.2) is 0 Å². The molecule has 1 aliphatic heterocycles. The van der Waals surface area contributed by atoms with Crippen LogP contribution in [0.3, 0.4) is 0 Å². The molecule has 0 atom stereocenters. The monoisotopic (exact) mass is 429 g/mol. The van der Waals surface area contributed by atoms with E-state index >= 15 is 0 Å². The van der Waals surface area contributed by atoms with E-state index in [-0.39, 0.29) is 19.3 Å². The SMILES string of the molecule is O=C(COc1ccccc1-c1nnc(-c2ccccc2)o1)NCc1ccc2c(c1)OCO2. The van der Waals surface area contributed by atoms with Crippen LogP contribution in [0.25, 0.3) is 22.9 Å². The van der Waals surface area contributed by atoms with Crippen molar-refractivity contribution in [1.29, 1.82) is 0 Å². The predicted molar refractivity (Wildman–Crippen MR) is 115 cm³/mol. The Hall–Kier alpha value is -4.33. The van der Waals surface area contributed by atoms with Crippen LogP contribution in [0.2, 0.25) is 0 Å². The number of hydrogen-bond acceptors (Lipinski definition) is 7. The van der Waals surface area contributed by atoms with Gasteiger partial charge in [0.15, 0.2) is 18.1 Å². The van der Waals surface area contributed by atoms with Crippen molar-refractivity contribution in [1.82, 2.24) is 15.5 Å². The van der Waals surface area contributed by atoms with Crippen LogP contribution in [0.5, 0.6) is 17.2 Å². The standard InChI is InChI=1S/C24H19N3O5/c28-22(25-13-16-10-11-20-21(12-16)31-15-30-20)14-29-19-9-5-4-8-18(19)24-27-26-23(32-24)17-6-2-1-3-7-17/h1-12H,13-15H2,(H,25,28). The number of amides is 1. The summed E-state index contributed by atoms with van der Waals surface area (Å²) in [5.74, 6) is 2.34. The molecule has 0 bridgehead atoms. The molecule has 0 unspecified atom stereocenters. The van der Waals surface area contributed by atoms with Crippen LogP contribution >= 0.6 is 0 Å². The lowest BCUT2D eigenvalue weighted by Gasteiger charge is -2.10. The number of carbonyl (C=O) groups is 1. The molecule has 5 rings (SSSR count). The smallest absolute Gasteiger partial charge is 0.258 e. The molecule has 1 amide bonds. The lowest BCUT2D eigenvalue weighted by atomic mass is 10.2. The van der Waals surface area contributed by atoms with Gasteiger partial charge in [-0.05, 0) is 42.0 Å². The van der Waals surface area contributed by atoms with E-state index in [1.54, 1.807) is 6.07 Å². The Balaban J connectivity index is 1.22. The first-order valence-electron chi connectivity index (χ1n) is 10.0. The highest BCUT2D eigenvalue weighted by atomic mass is 16.7. The lowest BCUT2D eigenvalue weighted by molar-refractivity contribution is -0.123. The Morgan fingerprint density at radius 3 is 2.59 bits per heavy atom. The average molecular weight is 429 g/mol. The van der Waals surface area contributed by atoms with Crippen LogP contribution in [-0.2, 0) is 11.3 Å². The molecule has 2 heterocycles. The number of nitrogens with one attached hydrogen (secondary N) is 1. The van der Waals surface area contributed by atoms with Gasteiger partial charge in [0, 0.05) is 12.1 Å². The van der Waals surface area contributed by atoms with Gasteiger partial charge < -0.3 is 23.9 Å². The third kappa shape index (κ3) is 4.24. The second-order valence-electron chi connectivity index (χ2n) is 7.03. The van der Waals surface area contributed by atoms with Gasteiger partial charge in [-0.2, -0.15) is 0 Å². The molecule has 160 valence electrons. The summed E-state index contributed by atoms with van der Waals surface area (Å²) in [4.78, 5) is 12.3. The van der Waals surface area contributed by atoms with Gasteiger partial charge in [0.25, 0.3) is 11.8 Å². The van der Waals surface area contributed by atoms with Crippen molar-refractivity contribution in [2.75, 3.05) is 13.4 Å². The number of carbonyl (C=O) groups excluding carboxylic acids is 1. The third-order valence-corrected chi connectivity index (χ3v) is 4.85. The Labute approximate surface area is 183 Å². The summed E-state index contributed by atoms with van der Waals surface area (Å²) in [6.07, 6.45) is 0. The fourth-order valence-electron chi connectivity index (χ4n) is 3.24. The van der Waals surface area contributed by atoms with E-state index in [0.717, 1.165) is 11.1 Å². The molecule has 1 aliphatic rings. The van der Waals surface area contributed by atoms with Crippen LogP contribution < -0.4 is 19.5 Å². The topological polar surface area (TPSA) is 95.7 Å². The van der Waals surface area contributed by atoms with Crippen LogP contribution in [0.1, 0.15) is 5.56 Å². The van der Waals surface area contributed by atoms with E-state index < -0.39 is 0 Å². The normalized spacial score (nSPS) is 11.9. The summed E-state index contributed by atoms with van der Waals surface area (Å²) in [5, 5.41) is 11.1. The molecule has 3 aromatic carbocycles. The van der Waals surface area contributed by atoms with Crippen molar-refractivity contribution < 1.29 is 23.4 Å². The maximum Gasteiger partial charge on any atom is 0.258 e. The van der Waals surface area contributed by atoms with Crippen molar-refractivity contribution in [2.24, 2.45) is 0 Å². The average Bonchev–Trinajstić information content (AvgIpc) is 3.52. The van der Waals surface area contributed by atoms with Gasteiger partial charge in [-0.15, -0.1) is 10.2 Å². The van der Waals surface area contributed by atoms with Gasteiger partial charge in [0.05, 0.1) is 5.56 Å². The number of nitrogens with zero attached hydrogens (tertiary/aromatic N) is 2. The summed E-state index contributed by atoms with van der Waals surface area (Å²) >= 11 is 0. The molecule has 32 heavy (non-hydrogen) atoms. The molecule has 0 fully saturated rings. The number of rotatable bonds is 7. The molecule has 0 radical (unpaired) electrons. The van der Waals surface area contributed by atoms with E-state index in [0.29, 0.717) is 41.1 Å². The number of para-hydroxylation sites is 1. The molecule has 0 aliphatic carbocycles. The lowest BCUT2D eigenvalue weighted by Crippen LogP contribution is -2.28. The first-order valence-corrected chi connectivity index (χ1v) is 10.0. The number of aromatic nitrogens is 2. The number of ether oxygens (including phenoxy) is 3. The highest BCUT2D eigenvalue weighted by molar-refractivity contribution is 5.78. The van der Waals surface area contributed by atoms with Crippen LogP contribution in [0, 0.1) is 0 Å². The molecular weight excluding hydrogens is 410 g/mol. The van der Waals surface area contributed by atoms with Crippen LogP contribution in [-0.4, -0.2) is 29.5 Å². The molecule has 0 saturated carbocycles. The Kier molecular flexibility index (Phi) is 5.40. The molecule has 4 aromatic rings. The highest BCUT2D eigenvalue weighted by Crippen LogP contribution is 2.33. The van der Waals surface area contributed by atoms with E-state index in [4.69, 9.17) is 18.6 Å². The second kappa shape index (κ2) is 8.81. The number of benzene rings is 3. The van der Waals surface area contributed by atoms with Gasteiger partial charge in [-0.1, -0.05) is 36.4 Å². The fourth-order valence-corrected chi connectivity index (χ4v) is 3.24. The van der Waals surface area contributed by atoms with E-state index in [9.17, 15) is 4.79 Å². The van der Waals surface area contributed by atoms with Gasteiger partial charge in [-0.3, -0.25) is 4.79 Å². The largest absolute Gasteiger partial charge is 0.483 e. The summed E-state index contributed by atoms with van der Waals surface area (Å²) in [7, 11) is 0. The second-order valence-corrected chi connectivity index (χ2v) is 7.03. The predicted octanol–water partition coefficient (Wildman–Crippen LogP) is 3.83. The molecule has 0 saturated heterocycles. The zero-order valence-corrected chi connectivity index (χ0v) is 17.0. The maximum absolute atomic E-state index is 12.3. The molecule has 1 aromatic heterocycles. The zero-order valence-electron chi connectivity index (χ0n) is 17.0. The van der Waals surface area contributed by atoms with Crippen molar-refractivity contribution in [2.45, 2.75) is 6.54 Å². The summed E-state index contributed by atoms with van der Waals surface area (Å²) in [5.41, 5.74) is 2.35. The van der Waals surface area contributed by atoms with E-state index in [1.807, 2.05) is 66.7 Å². The minimum atomic E-state index is -0.257. The Morgan fingerprint density at radius 1 is 0.906 bits per heavy atom. The minimum Gasteiger partial charge on any atom is -0.483 e. The van der Waals surface area contributed by atoms with Crippen LogP contribution in [0.4, 0.5) is 0 Å². The van der Waals surface area contributed by atoms with Gasteiger partial charge >= 0.3 is 0 Å². The maximum atomic E-state index is 12.3. The molecule has 1 N–H and O–H groups in total. The third-order valence-electron chi connectivity index (χ3n) is 4.85. The Bertz CT molecular complexity index is 1240.